The lowest BCUT2D eigenvalue weighted by Gasteiger charge is -2.35. The van der Waals surface area contributed by atoms with Gasteiger partial charge in [0, 0.05) is 50.2 Å². The molecule has 0 aromatic carbocycles. The maximum Gasteiger partial charge on any atom is 0.420 e. The van der Waals surface area contributed by atoms with Crippen LogP contribution in [0.1, 0.15) is 47.1 Å². The molecule has 0 bridgehead atoms. The van der Waals surface area contributed by atoms with Gasteiger partial charge in [0.25, 0.3) is 0 Å². The summed E-state index contributed by atoms with van der Waals surface area (Å²) >= 11 is 0. The van der Waals surface area contributed by atoms with Crippen LogP contribution in [0.5, 0.6) is 0 Å². The second-order valence-corrected chi connectivity index (χ2v) is 10.3. The molecule has 2 rings (SSSR count). The average Bonchev–Trinajstić information content (AvgIpc) is 2.63. The van der Waals surface area contributed by atoms with Crippen LogP contribution in [0.4, 0.5) is 15.5 Å². The van der Waals surface area contributed by atoms with Gasteiger partial charge >= 0.3 is 12.2 Å². The van der Waals surface area contributed by atoms with Crippen molar-refractivity contribution in [1.82, 2.24) is 25.1 Å². The molecule has 0 spiro atoms. The van der Waals surface area contributed by atoms with Gasteiger partial charge in [-0.15, -0.1) is 0 Å². The van der Waals surface area contributed by atoms with E-state index in [1.807, 2.05) is 14.1 Å². The van der Waals surface area contributed by atoms with Crippen LogP contribution in [-0.2, 0) is 16.0 Å². The molecular weight excluding hydrogens is 412 g/mol. The Morgan fingerprint density at radius 3 is 2.06 bits per heavy atom. The van der Waals surface area contributed by atoms with E-state index in [2.05, 4.69) is 25.1 Å². The quantitative estimate of drug-likeness (QED) is 0.725. The average molecular weight is 451 g/mol. The number of anilines is 1. The predicted molar refractivity (Wildman–Crippen MR) is 123 cm³/mol. The monoisotopic (exact) mass is 450 g/mol. The number of nitrogens with one attached hydrogen (secondary N) is 1. The fourth-order valence-electron chi connectivity index (χ4n) is 3.18. The Labute approximate surface area is 191 Å². The molecule has 2 heterocycles. The van der Waals surface area contributed by atoms with Gasteiger partial charge < -0.3 is 24.6 Å². The van der Waals surface area contributed by atoms with Crippen LogP contribution < -0.4 is 10.2 Å². The fourth-order valence-corrected chi connectivity index (χ4v) is 3.18. The van der Waals surface area contributed by atoms with Crippen molar-refractivity contribution < 1.29 is 19.1 Å². The smallest absolute Gasteiger partial charge is 0.420 e. The topological polar surface area (TPSA) is 100 Å². The van der Waals surface area contributed by atoms with Crippen LogP contribution in [0.25, 0.3) is 0 Å². The number of imide groups is 1. The molecule has 1 N–H and O–H groups in total. The molecule has 1 aromatic heterocycles. The van der Waals surface area contributed by atoms with E-state index in [9.17, 15) is 9.59 Å². The number of aromatic nitrogens is 2. The summed E-state index contributed by atoms with van der Waals surface area (Å²) in [7, 11) is 4.10. The SMILES string of the molecule is CN(C)C[C@H]1CN(c2ncc(CN(C(=O)OC(C)(C)C)C(=O)OC(C)(C)C)cn2)CCN1. The number of carbonyl (C=O) groups is 2. The molecule has 1 aromatic rings. The first-order chi connectivity index (χ1) is 14.7. The minimum atomic E-state index is -0.774. The third kappa shape index (κ3) is 8.58. The molecule has 0 saturated carbocycles. The van der Waals surface area contributed by atoms with Gasteiger partial charge in [-0.25, -0.2) is 24.5 Å². The first-order valence-corrected chi connectivity index (χ1v) is 10.9. The van der Waals surface area contributed by atoms with Crippen molar-refractivity contribution in [3.63, 3.8) is 0 Å². The number of rotatable bonds is 5. The number of likely N-dealkylation sites (N-methyl/N-ethyl adjacent to an activating group) is 1. The largest absolute Gasteiger partial charge is 0.443 e. The number of piperazine rings is 1. The zero-order valence-corrected chi connectivity index (χ0v) is 20.6. The van der Waals surface area contributed by atoms with Crippen molar-refractivity contribution in [2.75, 3.05) is 45.2 Å². The molecule has 1 aliphatic rings. The normalized spacial score (nSPS) is 17.3. The molecule has 1 saturated heterocycles. The molecule has 32 heavy (non-hydrogen) atoms. The number of hydrogen-bond acceptors (Lipinski definition) is 9. The second-order valence-electron chi connectivity index (χ2n) is 10.3. The maximum absolute atomic E-state index is 12.7. The zero-order chi connectivity index (χ0) is 24.1. The Morgan fingerprint density at radius 2 is 1.59 bits per heavy atom. The molecule has 10 heteroatoms. The summed E-state index contributed by atoms with van der Waals surface area (Å²) in [5.41, 5.74) is -0.892. The van der Waals surface area contributed by atoms with Crippen molar-refractivity contribution in [3.8, 4) is 0 Å². The first-order valence-electron chi connectivity index (χ1n) is 10.9. The van der Waals surface area contributed by atoms with E-state index in [1.165, 1.54) is 0 Å². The van der Waals surface area contributed by atoms with Gasteiger partial charge in [0.1, 0.15) is 11.2 Å². The first kappa shape index (κ1) is 25.8. The zero-order valence-electron chi connectivity index (χ0n) is 20.6. The number of carbonyl (C=O) groups excluding carboxylic acids is 2. The lowest BCUT2D eigenvalue weighted by molar-refractivity contribution is -0.000274. The summed E-state index contributed by atoms with van der Waals surface area (Å²) in [6.07, 6.45) is 1.72. The van der Waals surface area contributed by atoms with Gasteiger partial charge in [0.05, 0.1) is 6.54 Å². The van der Waals surface area contributed by atoms with Crippen LogP contribution in [-0.4, -0.2) is 89.5 Å². The molecule has 0 unspecified atom stereocenters. The molecule has 2 amide bonds. The fraction of sp³-hybridized carbons (Fsp3) is 0.727. The van der Waals surface area contributed by atoms with Gasteiger partial charge in [-0.1, -0.05) is 0 Å². The molecule has 0 radical (unpaired) electrons. The minimum absolute atomic E-state index is 0.0467. The Balaban J connectivity index is 2.12. The third-order valence-electron chi connectivity index (χ3n) is 4.38. The molecule has 1 fully saturated rings. The van der Waals surface area contributed by atoms with Crippen LogP contribution >= 0.6 is 0 Å². The molecule has 1 aliphatic heterocycles. The summed E-state index contributed by atoms with van der Waals surface area (Å²) in [6.45, 7) is 13.8. The lowest BCUT2D eigenvalue weighted by Crippen LogP contribution is -2.54. The summed E-state index contributed by atoms with van der Waals surface area (Å²) < 4.78 is 10.8. The molecule has 10 nitrogen and oxygen atoms in total. The highest BCUT2D eigenvalue weighted by molar-refractivity contribution is 5.88. The summed E-state index contributed by atoms with van der Waals surface area (Å²) in [6, 6.07) is 0.330. The van der Waals surface area contributed by atoms with E-state index in [1.54, 1.807) is 53.9 Å². The highest BCUT2D eigenvalue weighted by atomic mass is 16.6. The van der Waals surface area contributed by atoms with Crippen LogP contribution in [0.2, 0.25) is 0 Å². The molecule has 0 aliphatic carbocycles. The summed E-state index contributed by atoms with van der Waals surface area (Å²) in [5, 5.41) is 3.50. The number of hydrogen-bond donors (Lipinski definition) is 1. The molecule has 180 valence electrons. The van der Waals surface area contributed by atoms with Crippen molar-refractivity contribution in [3.05, 3.63) is 18.0 Å². The van der Waals surface area contributed by atoms with Gasteiger partial charge in [0.15, 0.2) is 0 Å². The van der Waals surface area contributed by atoms with E-state index in [4.69, 9.17) is 9.47 Å². The van der Waals surface area contributed by atoms with E-state index >= 15 is 0 Å². The maximum atomic E-state index is 12.7. The summed E-state index contributed by atoms with van der Waals surface area (Å²) in [5.74, 6) is 0.625. The third-order valence-corrected chi connectivity index (χ3v) is 4.38. The lowest BCUT2D eigenvalue weighted by atomic mass is 10.2. The summed E-state index contributed by atoms with van der Waals surface area (Å²) in [4.78, 5) is 39.5. The highest BCUT2D eigenvalue weighted by Crippen LogP contribution is 2.18. The Kier molecular flexibility index (Phi) is 8.41. The van der Waals surface area contributed by atoms with Crippen molar-refractivity contribution in [1.29, 1.82) is 0 Å². The number of nitrogens with zero attached hydrogens (tertiary/aromatic N) is 5. The van der Waals surface area contributed by atoms with E-state index in [0.717, 1.165) is 31.1 Å². The van der Waals surface area contributed by atoms with Gasteiger partial charge in [-0.2, -0.15) is 0 Å². The van der Waals surface area contributed by atoms with Gasteiger partial charge in [-0.3, -0.25) is 0 Å². The molecule has 1 atom stereocenters. The highest BCUT2D eigenvalue weighted by Gasteiger charge is 2.31. The Morgan fingerprint density at radius 1 is 1.06 bits per heavy atom. The van der Waals surface area contributed by atoms with Crippen molar-refractivity contribution >= 4 is 18.1 Å². The Bertz CT molecular complexity index is 742. The van der Waals surface area contributed by atoms with E-state index in [0.29, 0.717) is 17.6 Å². The minimum Gasteiger partial charge on any atom is -0.443 e. The second kappa shape index (κ2) is 10.4. The molecular formula is C22H38N6O4. The van der Waals surface area contributed by atoms with Crippen molar-refractivity contribution in [2.24, 2.45) is 0 Å². The van der Waals surface area contributed by atoms with E-state index < -0.39 is 23.4 Å². The van der Waals surface area contributed by atoms with Crippen LogP contribution in [0.15, 0.2) is 12.4 Å². The van der Waals surface area contributed by atoms with E-state index in [-0.39, 0.29) is 6.54 Å². The number of ether oxygens (including phenoxy) is 2. The standard InChI is InChI=1S/C22H38N6O4/c1-21(2,3)31-19(29)28(20(30)32-22(4,5)6)13-16-11-24-18(25-12-16)27-10-9-23-17(15-27)14-26(7)8/h11-12,17,23H,9-10,13-15H2,1-8H3/t17-/m0/s1. The Hall–Kier alpha value is -2.46. The van der Waals surface area contributed by atoms with Gasteiger partial charge in [0.2, 0.25) is 5.95 Å². The van der Waals surface area contributed by atoms with Crippen LogP contribution in [0.3, 0.4) is 0 Å². The predicted octanol–water partition coefficient (Wildman–Crippen LogP) is 2.49. The van der Waals surface area contributed by atoms with Crippen molar-refractivity contribution in [2.45, 2.75) is 65.3 Å². The van der Waals surface area contributed by atoms with Crippen LogP contribution in [0, 0.1) is 0 Å². The number of amides is 2. The van der Waals surface area contributed by atoms with Gasteiger partial charge in [-0.05, 0) is 55.6 Å².